The van der Waals surface area contributed by atoms with Gasteiger partial charge in [-0.1, -0.05) is 5.11 Å². The van der Waals surface area contributed by atoms with Gasteiger partial charge in [-0.25, -0.2) is 4.79 Å². The molecule has 0 bridgehead atoms. The summed E-state index contributed by atoms with van der Waals surface area (Å²) in [7, 11) is 0. The van der Waals surface area contributed by atoms with Crippen LogP contribution >= 0.6 is 0 Å². The number of ether oxygens (including phenoxy) is 2. The average molecular weight is 544 g/mol. The van der Waals surface area contributed by atoms with E-state index in [-0.39, 0.29) is 57.4 Å². The van der Waals surface area contributed by atoms with E-state index in [1.807, 2.05) is 0 Å². The first-order valence-electron chi connectivity index (χ1n) is 12.6. The van der Waals surface area contributed by atoms with Crippen LogP contribution in [0.5, 0.6) is 0 Å². The van der Waals surface area contributed by atoms with Gasteiger partial charge in [-0.3, -0.25) is 29.4 Å². The van der Waals surface area contributed by atoms with Gasteiger partial charge in [0.25, 0.3) is 5.91 Å². The molecule has 14 nitrogen and oxygen atoms in total. The Bertz CT molecular complexity index is 1170. The van der Waals surface area contributed by atoms with Crippen LogP contribution in [0, 0.1) is 0 Å². The Balaban J connectivity index is 1.60. The highest BCUT2D eigenvalue weighted by molar-refractivity contribution is 6.05. The zero-order valence-electron chi connectivity index (χ0n) is 22.3. The van der Waals surface area contributed by atoms with E-state index in [4.69, 9.17) is 15.0 Å². The Morgan fingerprint density at radius 2 is 2.03 bits per heavy atom. The first kappa shape index (κ1) is 29.4. The second-order valence-corrected chi connectivity index (χ2v) is 10.1. The lowest BCUT2D eigenvalue weighted by atomic mass is 10.0. The number of hydrogen-bond donors (Lipinski definition) is 2. The van der Waals surface area contributed by atoms with E-state index >= 15 is 0 Å². The van der Waals surface area contributed by atoms with E-state index in [1.54, 1.807) is 39.0 Å². The third-order valence-electron chi connectivity index (χ3n) is 5.91. The summed E-state index contributed by atoms with van der Waals surface area (Å²) in [6.45, 7) is 6.03. The normalized spacial score (nSPS) is 16.7. The molecule has 39 heavy (non-hydrogen) atoms. The fraction of sp³-hybridized carbons (Fsp3) is 0.560. The highest BCUT2D eigenvalue weighted by atomic mass is 16.6. The van der Waals surface area contributed by atoms with Gasteiger partial charge in [0.15, 0.2) is 0 Å². The highest BCUT2D eigenvalue weighted by Crippen LogP contribution is 2.29. The van der Waals surface area contributed by atoms with Crippen molar-refractivity contribution in [2.45, 2.75) is 58.2 Å². The lowest BCUT2D eigenvalue weighted by Gasteiger charge is -2.29. The summed E-state index contributed by atoms with van der Waals surface area (Å²) < 4.78 is 10.8. The van der Waals surface area contributed by atoms with Gasteiger partial charge in [-0.15, -0.1) is 0 Å². The summed E-state index contributed by atoms with van der Waals surface area (Å²) in [5.41, 5.74) is 9.04. The van der Waals surface area contributed by atoms with Crippen molar-refractivity contribution in [2.24, 2.45) is 5.11 Å². The molecule has 2 aliphatic rings. The SMILES string of the molecule is CC(C)(C)OC(=O)N(CCCOCCN=[N+]=[N-])CC(=O)Nc1ccc2c(c1)CN(C1CCC(=O)NC1=O)C2=O. The Kier molecular flexibility index (Phi) is 9.85. The number of fused-ring (bicyclic) bond motifs is 1. The van der Waals surface area contributed by atoms with Gasteiger partial charge in [-0.2, -0.15) is 0 Å². The van der Waals surface area contributed by atoms with Gasteiger partial charge in [0.05, 0.1) is 6.61 Å². The number of rotatable bonds is 11. The lowest BCUT2D eigenvalue weighted by Crippen LogP contribution is -2.52. The molecular weight excluding hydrogens is 510 g/mol. The maximum Gasteiger partial charge on any atom is 0.410 e. The number of hydrogen-bond acceptors (Lipinski definition) is 8. The van der Waals surface area contributed by atoms with Crippen molar-refractivity contribution >= 4 is 35.4 Å². The number of amides is 5. The van der Waals surface area contributed by atoms with Crippen LogP contribution in [0.4, 0.5) is 10.5 Å². The molecule has 0 radical (unpaired) electrons. The molecule has 2 N–H and O–H groups in total. The van der Waals surface area contributed by atoms with Crippen molar-refractivity contribution in [3.63, 3.8) is 0 Å². The Morgan fingerprint density at radius 1 is 1.26 bits per heavy atom. The standard InChI is InChI=1S/C25H33N7O7/c1-25(2,3)39-24(37)31(10-4-11-38-12-9-27-30-26)15-21(34)28-17-5-6-18-16(13-17)14-32(23(18)36)19-7-8-20(33)29-22(19)35/h5-6,13,19H,4,7-12,14-15H2,1-3H3,(H,28,34)(H,29,33,35). The number of azide groups is 1. The minimum absolute atomic E-state index is 0.161. The number of carbonyl (C=O) groups is 5. The van der Waals surface area contributed by atoms with E-state index in [0.717, 1.165) is 0 Å². The summed E-state index contributed by atoms with van der Waals surface area (Å²) >= 11 is 0. The van der Waals surface area contributed by atoms with Crippen LogP contribution in [0.2, 0.25) is 0 Å². The molecule has 0 saturated carbocycles. The first-order chi connectivity index (χ1) is 18.5. The third kappa shape index (κ3) is 8.42. The van der Waals surface area contributed by atoms with Crippen molar-refractivity contribution in [1.82, 2.24) is 15.1 Å². The quantitative estimate of drug-likeness (QED) is 0.141. The Hall–Kier alpha value is -4.16. The Labute approximate surface area is 225 Å². The first-order valence-corrected chi connectivity index (χ1v) is 12.6. The predicted octanol–water partition coefficient (Wildman–Crippen LogP) is 2.34. The molecule has 210 valence electrons. The molecule has 1 saturated heterocycles. The van der Waals surface area contributed by atoms with E-state index in [1.165, 1.54) is 9.80 Å². The van der Waals surface area contributed by atoms with E-state index in [9.17, 15) is 24.0 Å². The van der Waals surface area contributed by atoms with Crippen molar-refractivity contribution in [3.8, 4) is 0 Å². The van der Waals surface area contributed by atoms with Gasteiger partial charge in [0, 0.05) is 48.8 Å². The van der Waals surface area contributed by atoms with E-state index in [2.05, 4.69) is 20.7 Å². The number of anilines is 1. The molecule has 2 heterocycles. The van der Waals surface area contributed by atoms with Crippen molar-refractivity contribution in [2.75, 3.05) is 38.2 Å². The summed E-state index contributed by atoms with van der Waals surface area (Å²) in [6, 6.07) is 4.09. The summed E-state index contributed by atoms with van der Waals surface area (Å²) in [5, 5.41) is 8.39. The van der Waals surface area contributed by atoms with Crippen molar-refractivity contribution in [3.05, 3.63) is 39.8 Å². The molecule has 0 spiro atoms. The minimum atomic E-state index is -0.751. The number of nitrogens with zero attached hydrogens (tertiary/aromatic N) is 5. The molecule has 5 amide bonds. The predicted molar refractivity (Wildman–Crippen MR) is 138 cm³/mol. The Morgan fingerprint density at radius 3 is 2.72 bits per heavy atom. The molecule has 1 aromatic carbocycles. The molecule has 1 aromatic rings. The summed E-state index contributed by atoms with van der Waals surface area (Å²) in [6.07, 6.45) is 0.201. The van der Waals surface area contributed by atoms with Crippen molar-refractivity contribution in [1.29, 1.82) is 0 Å². The molecule has 2 aliphatic heterocycles. The molecule has 1 unspecified atom stereocenters. The maximum absolute atomic E-state index is 12.9. The van der Waals surface area contributed by atoms with Crippen molar-refractivity contribution < 1.29 is 33.4 Å². The molecule has 3 rings (SSSR count). The van der Waals surface area contributed by atoms with Crippen LogP contribution in [-0.2, 0) is 30.4 Å². The second kappa shape index (κ2) is 13.1. The lowest BCUT2D eigenvalue weighted by molar-refractivity contribution is -0.137. The fourth-order valence-corrected chi connectivity index (χ4v) is 4.20. The van der Waals surface area contributed by atoms with Crippen LogP contribution in [0.3, 0.4) is 0 Å². The largest absolute Gasteiger partial charge is 0.444 e. The number of carbonyl (C=O) groups excluding carboxylic acids is 5. The number of nitrogens with one attached hydrogen (secondary N) is 2. The smallest absolute Gasteiger partial charge is 0.410 e. The second-order valence-electron chi connectivity index (χ2n) is 10.1. The highest BCUT2D eigenvalue weighted by Gasteiger charge is 2.39. The zero-order valence-corrected chi connectivity index (χ0v) is 22.3. The molecule has 0 aliphatic carbocycles. The van der Waals surface area contributed by atoms with Gasteiger partial charge in [0.1, 0.15) is 18.2 Å². The topological polar surface area (TPSA) is 183 Å². The van der Waals surface area contributed by atoms with Crippen LogP contribution in [-0.4, -0.2) is 84.0 Å². The third-order valence-corrected chi connectivity index (χ3v) is 5.91. The molecule has 1 fully saturated rings. The van der Waals surface area contributed by atoms with E-state index < -0.39 is 29.6 Å². The zero-order chi connectivity index (χ0) is 28.6. The molecule has 1 atom stereocenters. The van der Waals surface area contributed by atoms with Gasteiger partial charge < -0.3 is 19.7 Å². The van der Waals surface area contributed by atoms with Gasteiger partial charge in [-0.05, 0) is 62.9 Å². The minimum Gasteiger partial charge on any atom is -0.444 e. The van der Waals surface area contributed by atoms with Crippen LogP contribution in [0.1, 0.15) is 56.0 Å². The molecule has 14 heteroatoms. The summed E-state index contributed by atoms with van der Waals surface area (Å²) in [5.74, 6) is -1.63. The van der Waals surface area contributed by atoms with Crippen LogP contribution in [0.15, 0.2) is 23.3 Å². The average Bonchev–Trinajstić information content (AvgIpc) is 3.17. The van der Waals surface area contributed by atoms with E-state index in [0.29, 0.717) is 29.8 Å². The van der Waals surface area contributed by atoms with Gasteiger partial charge in [0.2, 0.25) is 17.7 Å². The maximum atomic E-state index is 12.9. The van der Waals surface area contributed by atoms with Crippen LogP contribution in [0.25, 0.3) is 10.4 Å². The van der Waals surface area contributed by atoms with Crippen LogP contribution < -0.4 is 10.6 Å². The monoisotopic (exact) mass is 543 g/mol. The molecular formula is C25H33N7O7. The number of benzene rings is 1. The summed E-state index contributed by atoms with van der Waals surface area (Å²) in [4.78, 5) is 67.5. The fourth-order valence-electron chi connectivity index (χ4n) is 4.20. The number of piperidine rings is 1. The molecule has 0 aromatic heterocycles. The van der Waals surface area contributed by atoms with Gasteiger partial charge >= 0.3 is 6.09 Å². The number of imide groups is 1.